The van der Waals surface area contributed by atoms with Crippen molar-refractivity contribution in [3.63, 3.8) is 0 Å². The molecule has 0 saturated carbocycles. The molecule has 1 atom stereocenters. The fourth-order valence-electron chi connectivity index (χ4n) is 4.78. The number of allylic oxidation sites excluding steroid dienone is 1. The normalized spacial score (nSPS) is 18.2. The highest BCUT2D eigenvalue weighted by Crippen LogP contribution is 2.54. The van der Waals surface area contributed by atoms with Crippen molar-refractivity contribution in [1.29, 1.82) is 0 Å². The van der Waals surface area contributed by atoms with Crippen LogP contribution in [0.15, 0.2) is 60.7 Å². The van der Waals surface area contributed by atoms with Crippen LogP contribution in [0.3, 0.4) is 0 Å². The molecule has 0 aromatic heterocycles. The number of benzene rings is 3. The Morgan fingerprint density at radius 3 is 2.50 bits per heavy atom. The molecule has 30 heavy (non-hydrogen) atoms. The zero-order chi connectivity index (χ0) is 21.0. The summed E-state index contributed by atoms with van der Waals surface area (Å²) in [4.78, 5) is 0. The number of methoxy groups -OCH3 is 1. The van der Waals surface area contributed by atoms with E-state index < -0.39 is 0 Å². The van der Waals surface area contributed by atoms with E-state index in [2.05, 4.69) is 68.6 Å². The molecule has 0 saturated heterocycles. The number of ether oxygens (including phenoxy) is 2. The second-order valence-corrected chi connectivity index (χ2v) is 8.89. The Labute approximate surface area is 182 Å². The Morgan fingerprint density at radius 2 is 1.77 bits per heavy atom. The number of hydrogen-bond acceptors (Lipinski definition) is 3. The summed E-state index contributed by atoms with van der Waals surface area (Å²) in [6, 6.07) is 18.4. The lowest BCUT2D eigenvalue weighted by Gasteiger charge is -2.37. The quantitative estimate of drug-likeness (QED) is 0.482. The molecule has 0 aliphatic carbocycles. The standard InChI is InChI=1S/C26H24ClNO2/c1-15-14-26(2,3)28-19-12-10-17-22-20(13-11-18(27)25(22)29-4)30-24(23(17)21(15)19)16-8-6-5-7-9-16/h5-14,24,28H,1-4H3. The lowest BCUT2D eigenvalue weighted by atomic mass is 9.80. The minimum absolute atomic E-state index is 0.109. The highest BCUT2D eigenvalue weighted by atomic mass is 35.5. The van der Waals surface area contributed by atoms with Gasteiger partial charge in [-0.25, -0.2) is 0 Å². The molecule has 1 unspecified atom stereocenters. The summed E-state index contributed by atoms with van der Waals surface area (Å²) in [6.07, 6.45) is 2.06. The molecule has 4 heteroatoms. The summed E-state index contributed by atoms with van der Waals surface area (Å²) in [7, 11) is 1.65. The number of halogens is 1. The molecule has 0 radical (unpaired) electrons. The van der Waals surface area contributed by atoms with Gasteiger partial charge in [-0.05, 0) is 55.7 Å². The molecule has 2 heterocycles. The summed E-state index contributed by atoms with van der Waals surface area (Å²) < 4.78 is 12.3. The van der Waals surface area contributed by atoms with E-state index in [9.17, 15) is 0 Å². The van der Waals surface area contributed by atoms with Gasteiger partial charge in [0.25, 0.3) is 0 Å². The van der Waals surface area contributed by atoms with Gasteiger partial charge in [-0.15, -0.1) is 0 Å². The van der Waals surface area contributed by atoms with Crippen LogP contribution in [0.4, 0.5) is 5.69 Å². The fraction of sp³-hybridized carbons (Fsp3) is 0.231. The minimum atomic E-state index is -0.221. The van der Waals surface area contributed by atoms with Crippen molar-refractivity contribution in [2.24, 2.45) is 0 Å². The van der Waals surface area contributed by atoms with Gasteiger partial charge in [0.1, 0.15) is 11.5 Å². The Hall–Kier alpha value is -2.91. The molecule has 0 amide bonds. The summed E-state index contributed by atoms with van der Waals surface area (Å²) in [5.74, 6) is 1.43. The van der Waals surface area contributed by atoms with Crippen molar-refractivity contribution < 1.29 is 9.47 Å². The molecule has 1 N–H and O–H groups in total. The number of anilines is 1. The molecule has 3 aromatic rings. The fourth-order valence-corrected chi connectivity index (χ4v) is 5.01. The highest BCUT2D eigenvalue weighted by Gasteiger charge is 2.36. The van der Waals surface area contributed by atoms with Crippen LogP contribution in [0.5, 0.6) is 11.5 Å². The molecule has 5 rings (SSSR count). The summed E-state index contributed by atoms with van der Waals surface area (Å²) in [5, 5.41) is 4.24. The van der Waals surface area contributed by atoms with Gasteiger partial charge in [-0.3, -0.25) is 0 Å². The lowest BCUT2D eigenvalue weighted by molar-refractivity contribution is 0.242. The van der Waals surface area contributed by atoms with Crippen molar-refractivity contribution >= 4 is 22.9 Å². The Bertz CT molecular complexity index is 1180. The lowest BCUT2D eigenvalue weighted by Crippen LogP contribution is -2.32. The van der Waals surface area contributed by atoms with Gasteiger partial charge in [0.05, 0.1) is 23.2 Å². The van der Waals surface area contributed by atoms with Crippen LogP contribution < -0.4 is 14.8 Å². The average Bonchev–Trinajstić information content (AvgIpc) is 2.72. The minimum Gasteiger partial charge on any atom is -0.494 e. The maximum atomic E-state index is 6.61. The number of nitrogens with one attached hydrogen (secondary N) is 1. The number of hydrogen-bond donors (Lipinski definition) is 1. The van der Waals surface area contributed by atoms with Crippen LogP contribution in [0.1, 0.15) is 43.6 Å². The van der Waals surface area contributed by atoms with Gasteiger partial charge >= 0.3 is 0 Å². The molecule has 2 aliphatic heterocycles. The van der Waals surface area contributed by atoms with E-state index in [1.165, 1.54) is 11.1 Å². The van der Waals surface area contributed by atoms with Crippen molar-refractivity contribution in [3.8, 4) is 22.6 Å². The molecular formula is C26H24ClNO2. The van der Waals surface area contributed by atoms with Crippen molar-refractivity contribution in [1.82, 2.24) is 0 Å². The van der Waals surface area contributed by atoms with Crippen LogP contribution in [-0.2, 0) is 0 Å². The second kappa shape index (κ2) is 6.82. The predicted octanol–water partition coefficient (Wildman–Crippen LogP) is 7.10. The van der Waals surface area contributed by atoms with Gasteiger partial charge < -0.3 is 14.8 Å². The van der Waals surface area contributed by atoms with E-state index >= 15 is 0 Å². The van der Waals surface area contributed by atoms with Crippen molar-refractivity contribution in [3.05, 3.63) is 82.4 Å². The largest absolute Gasteiger partial charge is 0.494 e. The summed E-state index contributed by atoms with van der Waals surface area (Å²) in [5.41, 5.74) is 7.70. The monoisotopic (exact) mass is 417 g/mol. The summed E-state index contributed by atoms with van der Waals surface area (Å²) in [6.45, 7) is 6.54. The van der Waals surface area contributed by atoms with E-state index in [1.807, 2.05) is 18.2 Å². The molecular weight excluding hydrogens is 394 g/mol. The van der Waals surface area contributed by atoms with E-state index in [4.69, 9.17) is 21.1 Å². The van der Waals surface area contributed by atoms with E-state index in [1.54, 1.807) is 7.11 Å². The van der Waals surface area contributed by atoms with Crippen LogP contribution in [0.2, 0.25) is 5.02 Å². The molecule has 3 nitrogen and oxygen atoms in total. The van der Waals surface area contributed by atoms with Crippen LogP contribution in [0.25, 0.3) is 16.7 Å². The predicted molar refractivity (Wildman–Crippen MR) is 124 cm³/mol. The average molecular weight is 418 g/mol. The second-order valence-electron chi connectivity index (χ2n) is 8.49. The van der Waals surface area contributed by atoms with Gasteiger partial charge in [-0.1, -0.05) is 54.1 Å². The van der Waals surface area contributed by atoms with Gasteiger partial charge in [-0.2, -0.15) is 0 Å². The molecule has 0 spiro atoms. The molecule has 0 bridgehead atoms. The van der Waals surface area contributed by atoms with Gasteiger partial charge in [0.2, 0.25) is 0 Å². The number of rotatable bonds is 2. The first-order valence-corrected chi connectivity index (χ1v) is 10.5. The zero-order valence-corrected chi connectivity index (χ0v) is 18.3. The maximum absolute atomic E-state index is 6.61. The first-order chi connectivity index (χ1) is 14.4. The van der Waals surface area contributed by atoms with E-state index in [0.717, 1.165) is 33.7 Å². The third kappa shape index (κ3) is 2.88. The molecule has 3 aromatic carbocycles. The van der Waals surface area contributed by atoms with E-state index in [-0.39, 0.29) is 11.6 Å². The van der Waals surface area contributed by atoms with Crippen molar-refractivity contribution in [2.75, 3.05) is 12.4 Å². The molecule has 0 fully saturated rings. The smallest absolute Gasteiger partial charge is 0.150 e. The Balaban J connectivity index is 1.85. The van der Waals surface area contributed by atoms with E-state index in [0.29, 0.717) is 10.8 Å². The SMILES string of the molecule is COc1c(Cl)ccc2c1-c1ccc3c(c1C(c1ccccc1)O2)C(C)=CC(C)(C)N3. The van der Waals surface area contributed by atoms with Gasteiger partial charge in [0, 0.05) is 16.8 Å². The number of fused-ring (bicyclic) bond motifs is 5. The first-order valence-electron chi connectivity index (χ1n) is 10.1. The highest BCUT2D eigenvalue weighted by molar-refractivity contribution is 6.32. The van der Waals surface area contributed by atoms with Crippen LogP contribution in [-0.4, -0.2) is 12.6 Å². The maximum Gasteiger partial charge on any atom is 0.150 e. The zero-order valence-electron chi connectivity index (χ0n) is 17.5. The third-order valence-corrected chi connectivity index (χ3v) is 6.13. The Morgan fingerprint density at radius 1 is 1.00 bits per heavy atom. The first kappa shape index (κ1) is 19.1. The third-order valence-electron chi connectivity index (χ3n) is 5.83. The van der Waals surface area contributed by atoms with Crippen LogP contribution in [0, 0.1) is 0 Å². The van der Waals surface area contributed by atoms with Gasteiger partial charge in [0.15, 0.2) is 6.10 Å². The van der Waals surface area contributed by atoms with Crippen LogP contribution >= 0.6 is 11.6 Å². The van der Waals surface area contributed by atoms with Crippen molar-refractivity contribution in [2.45, 2.75) is 32.4 Å². The molecule has 152 valence electrons. The summed E-state index contributed by atoms with van der Waals surface area (Å²) >= 11 is 6.49. The topological polar surface area (TPSA) is 30.5 Å². The Kier molecular flexibility index (Phi) is 4.33. The molecule has 2 aliphatic rings.